The molecule has 1 aliphatic carbocycles. The summed E-state index contributed by atoms with van der Waals surface area (Å²) in [5.41, 5.74) is 20.7. The average molecular weight is 790 g/mol. The normalized spacial score (nSPS) is 15.7. The quantitative estimate of drug-likeness (QED) is 0.159. The van der Waals surface area contributed by atoms with E-state index < -0.39 is 0 Å². The molecule has 0 saturated carbocycles. The fourth-order valence-electron chi connectivity index (χ4n) is 9.75. The third-order valence-corrected chi connectivity index (χ3v) is 12.7. The van der Waals surface area contributed by atoms with Crippen molar-refractivity contribution in [2.24, 2.45) is 4.99 Å². The first-order valence-corrected chi connectivity index (χ1v) is 21.3. The maximum atomic E-state index is 7.14. The minimum Gasteiger partial charge on any atom is -0.455 e. The van der Waals surface area contributed by atoms with Crippen LogP contribution in [0.15, 0.2) is 234 Å². The summed E-state index contributed by atoms with van der Waals surface area (Å²) in [6, 6.07) is 69.6. The van der Waals surface area contributed by atoms with Crippen molar-refractivity contribution in [2.45, 2.75) is 12.3 Å². The molecule has 62 heavy (non-hydrogen) atoms. The molecule has 9 aromatic carbocycles. The zero-order valence-electron chi connectivity index (χ0n) is 34.0. The molecule has 2 nitrogen and oxygen atoms in total. The summed E-state index contributed by atoms with van der Waals surface area (Å²) in [5.74, 6) is -0.0508. The maximum absolute atomic E-state index is 7.14. The molecule has 1 aromatic heterocycles. The van der Waals surface area contributed by atoms with Crippen molar-refractivity contribution in [2.75, 3.05) is 0 Å². The third kappa shape index (κ3) is 6.00. The van der Waals surface area contributed by atoms with Crippen molar-refractivity contribution >= 4 is 60.5 Å². The Labute approximate surface area is 360 Å². The fraction of sp³-hybridized carbons (Fsp3) is 0.0333. The van der Waals surface area contributed by atoms with Crippen molar-refractivity contribution in [1.82, 2.24) is 0 Å². The number of nitrogens with zero attached hydrogens (tertiary/aromatic N) is 1. The van der Waals surface area contributed by atoms with Gasteiger partial charge in [-0.1, -0.05) is 176 Å². The molecule has 12 rings (SSSR count). The van der Waals surface area contributed by atoms with Crippen LogP contribution in [-0.4, -0.2) is 5.71 Å². The van der Waals surface area contributed by atoms with Crippen LogP contribution in [0.25, 0.3) is 77.0 Å². The van der Waals surface area contributed by atoms with Gasteiger partial charge in [0.15, 0.2) is 0 Å². The second kappa shape index (κ2) is 14.6. The molecule has 10 aromatic rings. The van der Waals surface area contributed by atoms with Crippen molar-refractivity contribution < 1.29 is 4.42 Å². The lowest BCUT2D eigenvalue weighted by Crippen LogP contribution is -2.10. The largest absolute Gasteiger partial charge is 0.455 e. The van der Waals surface area contributed by atoms with Gasteiger partial charge in [-0.25, -0.2) is 0 Å². The molecular weight excluding hydrogens is 751 g/mol. The number of hydrogen-bond donors (Lipinski definition) is 0. The number of benzene rings is 9. The Morgan fingerprint density at radius 1 is 0.500 bits per heavy atom. The van der Waals surface area contributed by atoms with Gasteiger partial charge in [-0.2, -0.15) is 0 Å². The van der Waals surface area contributed by atoms with Crippen LogP contribution in [0.4, 0.5) is 0 Å². The molecular formula is C60H39NO. The third-order valence-electron chi connectivity index (χ3n) is 12.7. The zero-order valence-corrected chi connectivity index (χ0v) is 34.0. The lowest BCUT2D eigenvalue weighted by atomic mass is 9.83. The summed E-state index contributed by atoms with van der Waals surface area (Å²) in [5, 5.41) is 6.97. The number of allylic oxidation sites excluding steroid dienone is 3. The van der Waals surface area contributed by atoms with Crippen molar-refractivity contribution in [3.63, 3.8) is 0 Å². The lowest BCUT2D eigenvalue weighted by molar-refractivity contribution is 0.667. The van der Waals surface area contributed by atoms with Crippen LogP contribution >= 0.6 is 0 Å². The van der Waals surface area contributed by atoms with E-state index in [2.05, 4.69) is 219 Å². The highest BCUT2D eigenvalue weighted by Gasteiger charge is 2.34. The highest BCUT2D eigenvalue weighted by Crippen LogP contribution is 2.51. The Morgan fingerprint density at radius 2 is 1.11 bits per heavy atom. The minimum absolute atomic E-state index is 0.0508. The van der Waals surface area contributed by atoms with Gasteiger partial charge < -0.3 is 4.42 Å². The summed E-state index contributed by atoms with van der Waals surface area (Å²) in [4.78, 5) is 5.71. The maximum Gasteiger partial charge on any atom is 0.144 e. The predicted octanol–water partition coefficient (Wildman–Crippen LogP) is 15.7. The first-order chi connectivity index (χ1) is 30.6. The molecule has 0 fully saturated rings. The standard InChI is InChI=1S/C60H39NO/c1-38-33-56(42-17-6-3-7-18-42)61-55(26-14-25-47(38)41-29-27-40(28-30-41)39-15-4-2-5-16-39)59-51(32-31-50-53-35-44-20-10-11-22-46(44)37-57(53)62-60(50)59)58-49-24-13-12-23-48(49)52-34-43-19-8-9-21-45(43)36-54(52)58/h2-24,27-37,58H,1,26H2/b56-33-,61-55?. The van der Waals surface area contributed by atoms with E-state index in [1.54, 1.807) is 0 Å². The van der Waals surface area contributed by atoms with Gasteiger partial charge in [0, 0.05) is 39.8 Å². The fourth-order valence-corrected chi connectivity index (χ4v) is 9.75. The molecule has 0 spiro atoms. The first-order valence-electron chi connectivity index (χ1n) is 21.3. The summed E-state index contributed by atoms with van der Waals surface area (Å²) < 4.78 is 7.14. The second-order valence-corrected chi connectivity index (χ2v) is 16.4. The molecule has 0 radical (unpaired) electrons. The van der Waals surface area contributed by atoms with Gasteiger partial charge in [0.05, 0.1) is 11.4 Å². The Hall–Kier alpha value is -8.03. The van der Waals surface area contributed by atoms with Gasteiger partial charge >= 0.3 is 0 Å². The van der Waals surface area contributed by atoms with Gasteiger partial charge in [0.1, 0.15) is 11.2 Å². The van der Waals surface area contributed by atoms with Crippen LogP contribution in [0.1, 0.15) is 45.7 Å². The van der Waals surface area contributed by atoms with Crippen LogP contribution < -0.4 is 0 Å². The Balaban J connectivity index is 1.12. The Bertz CT molecular complexity index is 3580. The average Bonchev–Trinajstić information content (AvgIpc) is 3.87. The van der Waals surface area contributed by atoms with Crippen LogP contribution in [0.5, 0.6) is 0 Å². The van der Waals surface area contributed by atoms with Crippen LogP contribution in [0.2, 0.25) is 0 Å². The summed E-state index contributed by atoms with van der Waals surface area (Å²) >= 11 is 0. The van der Waals surface area contributed by atoms with Crippen molar-refractivity contribution in [3.8, 4) is 22.3 Å². The lowest BCUT2D eigenvalue weighted by Gasteiger charge is -2.20. The van der Waals surface area contributed by atoms with Gasteiger partial charge in [-0.15, -0.1) is 5.73 Å². The number of aliphatic imine (C=N–C) groups is 1. The molecule has 0 N–H and O–H groups in total. The topological polar surface area (TPSA) is 25.5 Å². The van der Waals surface area contributed by atoms with Crippen LogP contribution in [0, 0.1) is 0 Å². The molecule has 2 heterocycles. The highest BCUT2D eigenvalue weighted by molar-refractivity contribution is 6.19. The molecule has 1 unspecified atom stereocenters. The summed E-state index contributed by atoms with van der Waals surface area (Å²) in [7, 11) is 0. The molecule has 1 atom stereocenters. The molecule has 290 valence electrons. The van der Waals surface area contributed by atoms with Gasteiger partial charge in [0.2, 0.25) is 0 Å². The van der Waals surface area contributed by atoms with Crippen LogP contribution in [-0.2, 0) is 0 Å². The van der Waals surface area contributed by atoms with Crippen molar-refractivity contribution in [1.29, 1.82) is 0 Å². The summed E-state index contributed by atoms with van der Waals surface area (Å²) in [6.45, 7) is 4.65. The molecule has 2 aliphatic rings. The van der Waals surface area contributed by atoms with Gasteiger partial charge in [-0.3, -0.25) is 4.99 Å². The second-order valence-electron chi connectivity index (χ2n) is 16.4. The Morgan fingerprint density at radius 3 is 1.87 bits per heavy atom. The molecule has 0 bridgehead atoms. The molecule has 1 aliphatic heterocycles. The SMILES string of the molecule is C=C1/C=C(/c2ccccc2)N=C(c2c(C3c4ccccc4-c4cc5ccccc5cc43)ccc3c2oc2cc4ccccc4cc23)CC=C=C1c1ccc(-c2ccccc2)cc1. The van der Waals surface area contributed by atoms with E-state index in [0.717, 1.165) is 66.6 Å². The van der Waals surface area contributed by atoms with E-state index in [4.69, 9.17) is 9.41 Å². The summed E-state index contributed by atoms with van der Waals surface area (Å²) in [6.07, 6.45) is 4.78. The monoisotopic (exact) mass is 789 g/mol. The number of fused-ring (bicyclic) bond motifs is 8. The van der Waals surface area contributed by atoms with Crippen molar-refractivity contribution in [3.05, 3.63) is 258 Å². The number of hydrogen-bond acceptors (Lipinski definition) is 2. The van der Waals surface area contributed by atoms with Gasteiger partial charge in [0.25, 0.3) is 0 Å². The molecule has 2 heteroatoms. The smallest absolute Gasteiger partial charge is 0.144 e. The minimum atomic E-state index is -0.0508. The highest BCUT2D eigenvalue weighted by atomic mass is 16.3. The molecule has 0 saturated heterocycles. The van der Waals surface area contributed by atoms with E-state index in [1.165, 1.54) is 55.1 Å². The van der Waals surface area contributed by atoms with Gasteiger partial charge in [-0.05, 0) is 108 Å². The Kier molecular flexibility index (Phi) is 8.45. The van der Waals surface area contributed by atoms with Crippen LogP contribution in [0.3, 0.4) is 0 Å². The van der Waals surface area contributed by atoms with E-state index in [9.17, 15) is 0 Å². The van der Waals surface area contributed by atoms with E-state index in [0.29, 0.717) is 6.42 Å². The first kappa shape index (κ1) is 35.9. The zero-order chi connectivity index (χ0) is 41.1. The molecule has 0 amide bonds. The van der Waals surface area contributed by atoms with E-state index in [1.807, 2.05) is 0 Å². The van der Waals surface area contributed by atoms with E-state index >= 15 is 0 Å². The van der Waals surface area contributed by atoms with E-state index in [-0.39, 0.29) is 5.92 Å². The number of furan rings is 1. The number of rotatable bonds is 5. The predicted molar refractivity (Wildman–Crippen MR) is 260 cm³/mol.